The Morgan fingerprint density at radius 2 is 1.89 bits per heavy atom. The van der Waals surface area contributed by atoms with E-state index in [4.69, 9.17) is 11.6 Å². The van der Waals surface area contributed by atoms with Crippen LogP contribution in [0.5, 0.6) is 0 Å². The standard InChI is InChI=1S/C21H18ClN5O/c22-16-7-5-15(6-8-16)13-27-19-4-2-1-3-18(19)20(26-27)21(28)24-12-10-17-9-11-23-14-25-17/h1-9,11,14H,10,12-13H2,(H,24,28). The third-order valence-electron chi connectivity index (χ3n) is 4.43. The summed E-state index contributed by atoms with van der Waals surface area (Å²) >= 11 is 5.96. The molecule has 0 fully saturated rings. The van der Waals surface area contributed by atoms with Gasteiger partial charge in [0.05, 0.1) is 12.1 Å². The van der Waals surface area contributed by atoms with Crippen molar-refractivity contribution < 1.29 is 4.79 Å². The van der Waals surface area contributed by atoms with Gasteiger partial charge in [0.1, 0.15) is 6.33 Å². The third-order valence-corrected chi connectivity index (χ3v) is 4.68. The highest BCUT2D eigenvalue weighted by Crippen LogP contribution is 2.20. The molecule has 0 aliphatic heterocycles. The van der Waals surface area contributed by atoms with Crippen LogP contribution in [0.1, 0.15) is 21.7 Å². The maximum Gasteiger partial charge on any atom is 0.272 e. The zero-order chi connectivity index (χ0) is 19.3. The molecular formula is C21H18ClN5O. The van der Waals surface area contributed by atoms with Crippen LogP contribution in [-0.4, -0.2) is 32.2 Å². The van der Waals surface area contributed by atoms with E-state index in [-0.39, 0.29) is 5.91 Å². The molecule has 2 aromatic carbocycles. The molecule has 7 heteroatoms. The number of hydrogen-bond acceptors (Lipinski definition) is 4. The zero-order valence-corrected chi connectivity index (χ0v) is 15.8. The van der Waals surface area contributed by atoms with Crippen LogP contribution in [0.15, 0.2) is 67.1 Å². The molecule has 1 N–H and O–H groups in total. The van der Waals surface area contributed by atoms with Crippen LogP contribution in [-0.2, 0) is 13.0 Å². The smallest absolute Gasteiger partial charge is 0.272 e. The van der Waals surface area contributed by atoms with E-state index < -0.39 is 0 Å². The summed E-state index contributed by atoms with van der Waals surface area (Å²) in [4.78, 5) is 20.8. The summed E-state index contributed by atoms with van der Waals surface area (Å²) in [5.41, 5.74) is 3.28. The van der Waals surface area contributed by atoms with Crippen molar-refractivity contribution in [3.05, 3.63) is 89.1 Å². The first kappa shape index (κ1) is 18.1. The summed E-state index contributed by atoms with van der Waals surface area (Å²) in [6, 6.07) is 17.2. The minimum absolute atomic E-state index is 0.194. The molecule has 1 amide bonds. The third kappa shape index (κ3) is 4.02. The summed E-state index contributed by atoms with van der Waals surface area (Å²) in [6.45, 7) is 1.04. The van der Waals surface area contributed by atoms with Gasteiger partial charge in [-0.05, 0) is 29.8 Å². The number of aromatic nitrogens is 4. The largest absolute Gasteiger partial charge is 0.350 e. The van der Waals surface area contributed by atoms with Crippen LogP contribution in [0.3, 0.4) is 0 Å². The first-order valence-electron chi connectivity index (χ1n) is 8.94. The van der Waals surface area contributed by atoms with Gasteiger partial charge in [-0.15, -0.1) is 0 Å². The lowest BCUT2D eigenvalue weighted by atomic mass is 10.2. The molecule has 0 aliphatic carbocycles. The van der Waals surface area contributed by atoms with Gasteiger partial charge in [0, 0.05) is 35.3 Å². The van der Waals surface area contributed by atoms with Crippen LogP contribution in [0, 0.1) is 0 Å². The summed E-state index contributed by atoms with van der Waals surface area (Å²) in [5, 5.41) is 9.03. The van der Waals surface area contributed by atoms with Crippen molar-refractivity contribution in [2.24, 2.45) is 0 Å². The van der Waals surface area contributed by atoms with Gasteiger partial charge in [-0.25, -0.2) is 9.97 Å². The SMILES string of the molecule is O=C(NCCc1ccncn1)c1nn(Cc2ccc(Cl)cc2)c2ccccc12. The molecule has 0 atom stereocenters. The van der Waals surface area contributed by atoms with E-state index in [9.17, 15) is 4.79 Å². The Bertz CT molecular complexity index is 1090. The number of nitrogens with zero attached hydrogens (tertiary/aromatic N) is 4. The predicted molar refractivity (Wildman–Crippen MR) is 108 cm³/mol. The predicted octanol–water partition coefficient (Wildman–Crippen LogP) is 3.50. The molecule has 28 heavy (non-hydrogen) atoms. The lowest BCUT2D eigenvalue weighted by Gasteiger charge is -2.04. The zero-order valence-electron chi connectivity index (χ0n) is 15.0. The molecule has 0 saturated heterocycles. The first-order valence-corrected chi connectivity index (χ1v) is 9.31. The summed E-state index contributed by atoms with van der Waals surface area (Å²) in [7, 11) is 0. The molecule has 0 aliphatic rings. The van der Waals surface area contributed by atoms with Crippen molar-refractivity contribution in [3.63, 3.8) is 0 Å². The number of amides is 1. The molecule has 0 spiro atoms. The summed E-state index contributed by atoms with van der Waals surface area (Å²) in [5.74, 6) is -0.194. The van der Waals surface area contributed by atoms with Crippen LogP contribution in [0.4, 0.5) is 0 Å². The Balaban J connectivity index is 1.53. The second-order valence-corrected chi connectivity index (χ2v) is 6.79. The molecule has 140 valence electrons. The lowest BCUT2D eigenvalue weighted by Crippen LogP contribution is -2.26. The van der Waals surface area contributed by atoms with Crippen molar-refractivity contribution in [2.75, 3.05) is 6.54 Å². The maximum absolute atomic E-state index is 12.7. The molecule has 0 unspecified atom stereocenters. The highest BCUT2D eigenvalue weighted by atomic mass is 35.5. The molecule has 0 saturated carbocycles. The van der Waals surface area contributed by atoms with Crippen molar-refractivity contribution in [1.29, 1.82) is 0 Å². The fourth-order valence-electron chi connectivity index (χ4n) is 3.03. The first-order chi connectivity index (χ1) is 13.7. The van der Waals surface area contributed by atoms with Gasteiger partial charge in [-0.1, -0.05) is 41.9 Å². The second-order valence-electron chi connectivity index (χ2n) is 6.36. The quantitative estimate of drug-likeness (QED) is 0.546. The Morgan fingerprint density at radius 3 is 2.68 bits per heavy atom. The Morgan fingerprint density at radius 1 is 1.07 bits per heavy atom. The fraction of sp³-hybridized carbons (Fsp3) is 0.143. The Hall–Kier alpha value is -3.25. The van der Waals surface area contributed by atoms with Gasteiger partial charge in [0.2, 0.25) is 0 Å². The van der Waals surface area contributed by atoms with E-state index in [1.165, 1.54) is 6.33 Å². The molecule has 4 aromatic rings. The van der Waals surface area contributed by atoms with Crippen LogP contribution in [0.2, 0.25) is 5.02 Å². The van der Waals surface area contributed by atoms with Gasteiger partial charge in [-0.2, -0.15) is 5.10 Å². The van der Waals surface area contributed by atoms with E-state index in [1.807, 2.05) is 59.3 Å². The van der Waals surface area contributed by atoms with Crippen LogP contribution in [0.25, 0.3) is 10.9 Å². The minimum Gasteiger partial charge on any atom is -0.350 e. The minimum atomic E-state index is -0.194. The number of para-hydroxylation sites is 1. The topological polar surface area (TPSA) is 72.7 Å². The summed E-state index contributed by atoms with van der Waals surface area (Å²) in [6.07, 6.45) is 3.83. The number of fused-ring (bicyclic) bond motifs is 1. The molecule has 2 aromatic heterocycles. The Kier molecular flexibility index (Phi) is 5.30. The van der Waals surface area contributed by atoms with E-state index in [1.54, 1.807) is 6.20 Å². The number of benzene rings is 2. The van der Waals surface area contributed by atoms with Crippen molar-refractivity contribution in [2.45, 2.75) is 13.0 Å². The van der Waals surface area contributed by atoms with Gasteiger partial charge in [-0.3, -0.25) is 9.48 Å². The molecule has 4 rings (SSSR count). The molecule has 0 bridgehead atoms. The maximum atomic E-state index is 12.7. The lowest BCUT2D eigenvalue weighted by molar-refractivity contribution is 0.0950. The average Bonchev–Trinajstić information content (AvgIpc) is 3.09. The highest BCUT2D eigenvalue weighted by Gasteiger charge is 2.16. The van der Waals surface area contributed by atoms with Crippen LogP contribution < -0.4 is 5.32 Å². The molecule has 6 nitrogen and oxygen atoms in total. The van der Waals surface area contributed by atoms with E-state index >= 15 is 0 Å². The van der Waals surface area contributed by atoms with Gasteiger partial charge >= 0.3 is 0 Å². The van der Waals surface area contributed by atoms with E-state index in [0.29, 0.717) is 30.2 Å². The van der Waals surface area contributed by atoms with Crippen molar-refractivity contribution in [1.82, 2.24) is 25.1 Å². The van der Waals surface area contributed by atoms with Crippen molar-refractivity contribution >= 4 is 28.4 Å². The normalized spacial score (nSPS) is 10.9. The number of halogens is 1. The number of carbonyl (C=O) groups excluding carboxylic acids is 1. The number of rotatable bonds is 6. The molecule has 0 radical (unpaired) electrons. The van der Waals surface area contributed by atoms with Gasteiger partial charge in [0.15, 0.2) is 5.69 Å². The van der Waals surface area contributed by atoms with Crippen molar-refractivity contribution in [3.8, 4) is 0 Å². The highest BCUT2D eigenvalue weighted by molar-refractivity contribution is 6.30. The van der Waals surface area contributed by atoms with Gasteiger partial charge in [0.25, 0.3) is 5.91 Å². The monoisotopic (exact) mass is 391 g/mol. The number of nitrogens with one attached hydrogen (secondary N) is 1. The average molecular weight is 392 g/mol. The number of hydrogen-bond donors (Lipinski definition) is 1. The molecule has 2 heterocycles. The number of carbonyl (C=O) groups is 1. The fourth-order valence-corrected chi connectivity index (χ4v) is 3.16. The van der Waals surface area contributed by atoms with E-state index in [0.717, 1.165) is 22.2 Å². The summed E-state index contributed by atoms with van der Waals surface area (Å²) < 4.78 is 1.85. The van der Waals surface area contributed by atoms with Crippen LogP contribution >= 0.6 is 11.6 Å². The Labute approximate surface area is 167 Å². The van der Waals surface area contributed by atoms with Gasteiger partial charge < -0.3 is 5.32 Å². The molecular weight excluding hydrogens is 374 g/mol. The second kappa shape index (κ2) is 8.19. The van der Waals surface area contributed by atoms with E-state index in [2.05, 4.69) is 20.4 Å².